The van der Waals surface area contributed by atoms with Gasteiger partial charge in [0, 0.05) is 0 Å². The Balaban J connectivity index is 2.06. The summed E-state index contributed by atoms with van der Waals surface area (Å²) in [4.78, 5) is 15.5. The van der Waals surface area contributed by atoms with Crippen molar-refractivity contribution in [2.75, 3.05) is 9.44 Å². The van der Waals surface area contributed by atoms with E-state index in [1.54, 1.807) is 11.6 Å². The molecule has 0 atom stereocenters. The highest BCUT2D eigenvalue weighted by molar-refractivity contribution is 8.02. The van der Waals surface area contributed by atoms with Crippen LogP contribution in [0.2, 0.25) is 0 Å². The number of nitrogens with two attached hydrogens (primary N) is 2. The minimum absolute atomic E-state index is 0.269. The molecule has 1 aliphatic rings. The largest absolute Gasteiger partial charge is 0.370 e. The molecule has 108 valence electrons. The molecule has 1 amide bonds. The minimum atomic E-state index is -0.508. The first-order chi connectivity index (χ1) is 10.1. The van der Waals surface area contributed by atoms with Crippen LogP contribution in [-0.4, -0.2) is 21.6 Å². The predicted octanol–water partition coefficient (Wildman–Crippen LogP) is 0.995. The maximum absolute atomic E-state index is 11.9. The van der Waals surface area contributed by atoms with Crippen molar-refractivity contribution < 1.29 is 4.79 Å². The summed E-state index contributed by atoms with van der Waals surface area (Å²) in [6, 6.07) is 5.78. The van der Waals surface area contributed by atoms with Crippen molar-refractivity contribution in [3.05, 3.63) is 35.7 Å². The molecule has 3 rings (SSSR count). The first-order valence-electron chi connectivity index (χ1n) is 6.08. The fourth-order valence-corrected chi connectivity index (χ4v) is 2.73. The summed E-state index contributed by atoms with van der Waals surface area (Å²) in [5, 5.41) is 4.26. The second-order valence-corrected chi connectivity index (χ2v) is 5.02. The zero-order chi connectivity index (χ0) is 15.0. The summed E-state index contributed by atoms with van der Waals surface area (Å²) >= 11 is 1.38. The van der Waals surface area contributed by atoms with Crippen molar-refractivity contribution >= 4 is 35.4 Å². The normalized spacial score (nSPS) is 12.2. The summed E-state index contributed by atoms with van der Waals surface area (Å²) in [7, 11) is 0. The standard InChI is InChI=1S/C12H13N7OS/c1-6-7(11(20)16-12(13)14)5-15-19(6)9-4-2-3-8-10(9)18-21-17-8/h2-5,17-18H,1H3,(H4,13,14,16,20). The quantitative estimate of drug-likeness (QED) is 0.370. The molecule has 1 aromatic carbocycles. The number of hydrogen-bond donors (Lipinski definition) is 4. The third-order valence-corrected chi connectivity index (χ3v) is 3.68. The lowest BCUT2D eigenvalue weighted by Gasteiger charge is -2.09. The second-order valence-electron chi connectivity index (χ2n) is 4.40. The highest BCUT2D eigenvalue weighted by Gasteiger charge is 2.20. The molecule has 0 saturated heterocycles. The van der Waals surface area contributed by atoms with Crippen LogP contribution >= 0.6 is 12.1 Å². The Kier molecular flexibility index (Phi) is 3.18. The van der Waals surface area contributed by atoms with Crippen LogP contribution in [0.5, 0.6) is 0 Å². The molecule has 0 radical (unpaired) electrons. The summed E-state index contributed by atoms with van der Waals surface area (Å²) in [5.74, 6) is -0.776. The van der Waals surface area contributed by atoms with Crippen molar-refractivity contribution in [2.45, 2.75) is 6.92 Å². The van der Waals surface area contributed by atoms with E-state index in [1.807, 2.05) is 18.2 Å². The second kappa shape index (κ2) is 5.02. The fourth-order valence-electron chi connectivity index (χ4n) is 2.08. The van der Waals surface area contributed by atoms with E-state index in [2.05, 4.69) is 19.5 Å². The van der Waals surface area contributed by atoms with E-state index in [-0.39, 0.29) is 5.96 Å². The van der Waals surface area contributed by atoms with Crippen LogP contribution in [0.1, 0.15) is 16.1 Å². The van der Waals surface area contributed by atoms with Crippen LogP contribution in [0.4, 0.5) is 11.4 Å². The number of hydrogen-bond acceptors (Lipinski definition) is 5. The summed E-state index contributed by atoms with van der Waals surface area (Å²) in [5.41, 5.74) is 14.2. The van der Waals surface area contributed by atoms with Gasteiger partial charge in [-0.1, -0.05) is 6.07 Å². The Morgan fingerprint density at radius 1 is 1.38 bits per heavy atom. The van der Waals surface area contributed by atoms with E-state index in [1.165, 1.54) is 18.3 Å². The molecule has 8 nitrogen and oxygen atoms in total. The Bertz CT molecular complexity index is 748. The van der Waals surface area contributed by atoms with Gasteiger partial charge in [0.2, 0.25) is 0 Å². The molecule has 9 heteroatoms. The number of aromatic nitrogens is 2. The first kappa shape index (κ1) is 13.3. The lowest BCUT2D eigenvalue weighted by molar-refractivity contribution is 0.100. The number of guanidine groups is 1. The molecular formula is C12H13N7OS. The molecular weight excluding hydrogens is 290 g/mol. The van der Waals surface area contributed by atoms with Crippen molar-refractivity contribution in [1.29, 1.82) is 0 Å². The lowest BCUT2D eigenvalue weighted by Crippen LogP contribution is -2.24. The predicted molar refractivity (Wildman–Crippen MR) is 83.3 cm³/mol. The van der Waals surface area contributed by atoms with Gasteiger partial charge in [0.15, 0.2) is 5.96 Å². The number of amides is 1. The average molecular weight is 303 g/mol. The Morgan fingerprint density at radius 2 is 2.19 bits per heavy atom. The van der Waals surface area contributed by atoms with Gasteiger partial charge < -0.3 is 20.9 Å². The van der Waals surface area contributed by atoms with Gasteiger partial charge in [-0.15, -0.1) is 0 Å². The van der Waals surface area contributed by atoms with Gasteiger partial charge >= 0.3 is 0 Å². The Labute approximate surface area is 124 Å². The van der Waals surface area contributed by atoms with Gasteiger partial charge in [-0.2, -0.15) is 10.1 Å². The zero-order valence-corrected chi connectivity index (χ0v) is 11.9. The molecule has 21 heavy (non-hydrogen) atoms. The number of aliphatic imine (C=N–C) groups is 1. The van der Waals surface area contributed by atoms with Crippen molar-refractivity contribution in [3.63, 3.8) is 0 Å². The molecule has 0 saturated carbocycles. The van der Waals surface area contributed by atoms with Crippen molar-refractivity contribution in [1.82, 2.24) is 9.78 Å². The summed E-state index contributed by atoms with van der Waals surface area (Å²) < 4.78 is 7.96. The fraction of sp³-hybridized carbons (Fsp3) is 0.0833. The molecule has 0 aliphatic carbocycles. The lowest BCUT2D eigenvalue weighted by atomic mass is 10.2. The zero-order valence-electron chi connectivity index (χ0n) is 11.1. The molecule has 2 heterocycles. The van der Waals surface area contributed by atoms with E-state index >= 15 is 0 Å². The number of carbonyl (C=O) groups is 1. The Morgan fingerprint density at radius 3 is 2.95 bits per heavy atom. The van der Waals surface area contributed by atoms with Gasteiger partial charge in [-0.05, 0) is 19.1 Å². The molecule has 0 fully saturated rings. The first-order valence-corrected chi connectivity index (χ1v) is 6.89. The molecule has 1 aliphatic heterocycles. The molecule has 2 aromatic rings. The third-order valence-electron chi connectivity index (χ3n) is 3.06. The van der Waals surface area contributed by atoms with Gasteiger partial charge in [0.05, 0.1) is 46.7 Å². The number of para-hydroxylation sites is 1. The summed E-state index contributed by atoms with van der Waals surface area (Å²) in [6.45, 7) is 1.79. The summed E-state index contributed by atoms with van der Waals surface area (Å²) in [6.07, 6.45) is 1.46. The van der Waals surface area contributed by atoms with Crippen LogP contribution in [0.15, 0.2) is 29.4 Å². The van der Waals surface area contributed by atoms with Crippen LogP contribution in [0, 0.1) is 6.92 Å². The maximum Gasteiger partial charge on any atom is 0.283 e. The van der Waals surface area contributed by atoms with E-state index < -0.39 is 5.91 Å². The van der Waals surface area contributed by atoms with Crippen LogP contribution in [0.25, 0.3) is 5.69 Å². The van der Waals surface area contributed by atoms with Crippen LogP contribution in [-0.2, 0) is 0 Å². The van der Waals surface area contributed by atoms with E-state index in [0.29, 0.717) is 11.3 Å². The highest BCUT2D eigenvalue weighted by Crippen LogP contribution is 2.37. The van der Waals surface area contributed by atoms with Gasteiger partial charge in [-0.25, -0.2) is 4.68 Å². The number of rotatable bonds is 2. The van der Waals surface area contributed by atoms with E-state index in [9.17, 15) is 4.79 Å². The number of nitrogens with zero attached hydrogens (tertiary/aromatic N) is 3. The molecule has 1 aromatic heterocycles. The minimum Gasteiger partial charge on any atom is -0.370 e. The van der Waals surface area contributed by atoms with Gasteiger partial charge in [0.1, 0.15) is 0 Å². The van der Waals surface area contributed by atoms with E-state index in [0.717, 1.165) is 17.1 Å². The van der Waals surface area contributed by atoms with Gasteiger partial charge in [-0.3, -0.25) is 4.79 Å². The highest BCUT2D eigenvalue weighted by atomic mass is 32.2. The number of fused-ring (bicyclic) bond motifs is 1. The topological polar surface area (TPSA) is 123 Å². The molecule has 0 bridgehead atoms. The molecule has 6 N–H and O–H groups in total. The van der Waals surface area contributed by atoms with Crippen molar-refractivity contribution in [2.24, 2.45) is 16.5 Å². The smallest absolute Gasteiger partial charge is 0.283 e. The van der Waals surface area contributed by atoms with Crippen molar-refractivity contribution in [3.8, 4) is 5.69 Å². The van der Waals surface area contributed by atoms with Crippen LogP contribution < -0.4 is 20.9 Å². The SMILES string of the molecule is Cc1c(C(=O)N=C(N)N)cnn1-c1cccc2c1NSN2. The number of benzene rings is 1. The van der Waals surface area contributed by atoms with E-state index in [4.69, 9.17) is 11.5 Å². The third kappa shape index (κ3) is 2.27. The maximum atomic E-state index is 11.9. The molecule has 0 spiro atoms. The molecule has 0 unspecified atom stereocenters. The number of anilines is 2. The Hall–Kier alpha value is -2.68. The number of nitrogens with one attached hydrogen (secondary N) is 2. The van der Waals surface area contributed by atoms with Crippen LogP contribution in [0.3, 0.4) is 0 Å². The average Bonchev–Trinajstić information content (AvgIpc) is 3.03. The monoisotopic (exact) mass is 303 g/mol. The number of carbonyl (C=O) groups excluding carboxylic acids is 1. The van der Waals surface area contributed by atoms with Gasteiger partial charge in [0.25, 0.3) is 5.91 Å².